The van der Waals surface area contributed by atoms with Crippen LogP contribution in [-0.4, -0.2) is 21.8 Å². The lowest BCUT2D eigenvalue weighted by atomic mass is 10.00. The molecule has 1 saturated carbocycles. The zero-order valence-corrected chi connectivity index (χ0v) is 12.3. The van der Waals surface area contributed by atoms with Crippen molar-refractivity contribution < 1.29 is 8.85 Å². The molecule has 1 rings (SSSR count). The molecule has 0 heterocycles. The van der Waals surface area contributed by atoms with Crippen molar-refractivity contribution in [2.45, 2.75) is 70.9 Å². The van der Waals surface area contributed by atoms with E-state index in [9.17, 15) is 0 Å². The Balaban J connectivity index is 2.58. The molecule has 0 saturated heterocycles. The molecule has 0 radical (unpaired) electrons. The summed E-state index contributed by atoms with van der Waals surface area (Å²) >= 11 is 0. The molecule has 1 atom stereocenters. The maximum Gasteiger partial charge on any atom is 0.341 e. The number of hydrogen-bond acceptors (Lipinski definition) is 2. The minimum Gasteiger partial charge on any atom is -0.394 e. The van der Waals surface area contributed by atoms with E-state index in [1.165, 1.54) is 38.1 Å². The molecule has 1 aliphatic rings. The van der Waals surface area contributed by atoms with Gasteiger partial charge in [0.2, 0.25) is 0 Å². The highest BCUT2D eigenvalue weighted by molar-refractivity contribution is 6.69. The molecule has 2 nitrogen and oxygen atoms in total. The minimum absolute atomic E-state index is 0.783. The van der Waals surface area contributed by atoms with Gasteiger partial charge in [-0.25, -0.2) is 0 Å². The summed E-state index contributed by atoms with van der Waals surface area (Å²) in [4.78, 5) is 0. The lowest BCUT2D eigenvalue weighted by Gasteiger charge is -2.42. The molecule has 0 bridgehead atoms. The molecule has 0 amide bonds. The lowest BCUT2D eigenvalue weighted by molar-refractivity contribution is 0.150. The molecule has 1 aliphatic carbocycles. The summed E-state index contributed by atoms with van der Waals surface area (Å²) in [6.07, 6.45) is 7.71. The van der Waals surface area contributed by atoms with Gasteiger partial charge in [0.05, 0.1) is 0 Å². The molecule has 0 aromatic rings. The van der Waals surface area contributed by atoms with E-state index in [0.29, 0.717) is 0 Å². The fourth-order valence-corrected chi connectivity index (χ4v) is 6.84. The van der Waals surface area contributed by atoms with Crippen LogP contribution in [0.25, 0.3) is 0 Å². The Hall–Kier alpha value is 0.137. The second kappa shape index (κ2) is 7.46. The van der Waals surface area contributed by atoms with E-state index in [-0.39, 0.29) is 0 Å². The monoisotopic (exact) mass is 244 g/mol. The molecule has 0 aliphatic heterocycles. The van der Waals surface area contributed by atoms with E-state index >= 15 is 0 Å². The summed E-state index contributed by atoms with van der Waals surface area (Å²) in [7, 11) is -1.85. The molecule has 1 fully saturated rings. The third kappa shape index (κ3) is 3.57. The van der Waals surface area contributed by atoms with Crippen LogP contribution >= 0.6 is 0 Å². The molecule has 0 aromatic carbocycles. The van der Waals surface area contributed by atoms with Crippen LogP contribution in [0, 0.1) is 0 Å². The van der Waals surface area contributed by atoms with Crippen molar-refractivity contribution in [1.29, 1.82) is 0 Å². The predicted molar refractivity (Wildman–Crippen MR) is 70.9 cm³/mol. The summed E-state index contributed by atoms with van der Waals surface area (Å²) in [5.74, 6) is 0. The first kappa shape index (κ1) is 14.2. The van der Waals surface area contributed by atoms with Crippen LogP contribution in [0.15, 0.2) is 0 Å². The normalized spacial score (nSPS) is 20.4. The Kier molecular flexibility index (Phi) is 6.62. The molecule has 0 aromatic heterocycles. The van der Waals surface area contributed by atoms with Crippen LogP contribution in [0.3, 0.4) is 0 Å². The van der Waals surface area contributed by atoms with Gasteiger partial charge in [0.1, 0.15) is 0 Å². The van der Waals surface area contributed by atoms with Crippen LogP contribution < -0.4 is 0 Å². The third-order valence-electron chi connectivity index (χ3n) is 3.55. The van der Waals surface area contributed by atoms with Gasteiger partial charge in [0.15, 0.2) is 0 Å². The van der Waals surface area contributed by atoms with Crippen LogP contribution in [0.5, 0.6) is 0 Å². The number of unbranched alkanes of at least 4 members (excludes halogenated alkanes) is 1. The van der Waals surface area contributed by atoms with Gasteiger partial charge in [-0.1, -0.05) is 33.1 Å². The zero-order chi connectivity index (χ0) is 11.9. The van der Waals surface area contributed by atoms with Crippen molar-refractivity contribution in [2.75, 3.05) is 13.2 Å². The average Bonchev–Trinajstić information content (AvgIpc) is 2.21. The van der Waals surface area contributed by atoms with Crippen molar-refractivity contribution in [3.8, 4) is 0 Å². The van der Waals surface area contributed by atoms with E-state index in [0.717, 1.165) is 25.2 Å². The first-order valence-electron chi connectivity index (χ1n) is 7.07. The maximum atomic E-state index is 6.24. The smallest absolute Gasteiger partial charge is 0.341 e. The van der Waals surface area contributed by atoms with Gasteiger partial charge in [-0.15, -0.1) is 0 Å². The van der Waals surface area contributed by atoms with E-state index in [1.54, 1.807) is 0 Å². The second-order valence-electron chi connectivity index (χ2n) is 4.82. The molecular weight excluding hydrogens is 216 g/mol. The van der Waals surface area contributed by atoms with Gasteiger partial charge in [0.25, 0.3) is 0 Å². The fraction of sp³-hybridized carbons (Fsp3) is 1.00. The Morgan fingerprint density at radius 2 is 1.81 bits per heavy atom. The molecule has 0 N–H and O–H groups in total. The highest BCUT2D eigenvalue weighted by Crippen LogP contribution is 2.44. The number of hydrogen-bond donors (Lipinski definition) is 0. The quantitative estimate of drug-likeness (QED) is 0.565. The summed E-state index contributed by atoms with van der Waals surface area (Å²) in [5.41, 5.74) is 0.783. The summed E-state index contributed by atoms with van der Waals surface area (Å²) < 4.78 is 12.4. The van der Waals surface area contributed by atoms with E-state index < -0.39 is 8.56 Å². The average molecular weight is 244 g/mol. The van der Waals surface area contributed by atoms with E-state index in [1.807, 2.05) is 0 Å². The van der Waals surface area contributed by atoms with Crippen molar-refractivity contribution in [3.63, 3.8) is 0 Å². The molecule has 96 valence electrons. The molecule has 1 unspecified atom stereocenters. The predicted octanol–water partition coefficient (Wildman–Crippen LogP) is 4.25. The highest BCUT2D eigenvalue weighted by atomic mass is 28.4. The zero-order valence-electron chi connectivity index (χ0n) is 11.3. The van der Waals surface area contributed by atoms with Gasteiger partial charge >= 0.3 is 8.56 Å². The summed E-state index contributed by atoms with van der Waals surface area (Å²) in [6.45, 7) is 8.28. The van der Waals surface area contributed by atoms with Gasteiger partial charge in [0, 0.05) is 18.8 Å². The Morgan fingerprint density at radius 3 is 2.25 bits per heavy atom. The summed E-state index contributed by atoms with van der Waals surface area (Å²) in [5, 5.41) is 0. The summed E-state index contributed by atoms with van der Waals surface area (Å²) in [6, 6.07) is 1.21. The van der Waals surface area contributed by atoms with E-state index in [2.05, 4.69) is 20.8 Å². The number of rotatable bonds is 9. The standard InChI is InChI=1S/C13H28O2Si/c1-4-7-12-16(14-6-3,15-11-5-2)13-9-8-10-13/h13H,4-12H2,1-3H3. The highest BCUT2D eigenvalue weighted by Gasteiger charge is 2.47. The molecule has 16 heavy (non-hydrogen) atoms. The Bertz CT molecular complexity index is 173. The first-order valence-corrected chi connectivity index (χ1v) is 9.17. The SMILES string of the molecule is CCCC[Si](OCC)(OCCC)C1CCC1. The fourth-order valence-electron chi connectivity index (χ4n) is 2.42. The van der Waals surface area contributed by atoms with Crippen LogP contribution in [0.2, 0.25) is 11.6 Å². The van der Waals surface area contributed by atoms with Crippen LogP contribution in [-0.2, 0) is 8.85 Å². The third-order valence-corrected chi connectivity index (χ3v) is 7.89. The maximum absolute atomic E-state index is 6.24. The molecular formula is C13H28O2Si. The second-order valence-corrected chi connectivity index (χ2v) is 8.34. The lowest BCUT2D eigenvalue weighted by Crippen LogP contribution is -2.49. The Morgan fingerprint density at radius 1 is 1.06 bits per heavy atom. The van der Waals surface area contributed by atoms with Crippen molar-refractivity contribution >= 4 is 8.56 Å². The molecule has 0 spiro atoms. The van der Waals surface area contributed by atoms with Gasteiger partial charge in [-0.2, -0.15) is 0 Å². The van der Waals surface area contributed by atoms with Crippen LogP contribution in [0.1, 0.15) is 59.3 Å². The topological polar surface area (TPSA) is 18.5 Å². The van der Waals surface area contributed by atoms with Crippen molar-refractivity contribution in [3.05, 3.63) is 0 Å². The largest absolute Gasteiger partial charge is 0.394 e. The van der Waals surface area contributed by atoms with Gasteiger partial charge in [-0.3, -0.25) is 0 Å². The van der Waals surface area contributed by atoms with Crippen molar-refractivity contribution in [2.24, 2.45) is 0 Å². The first-order chi connectivity index (χ1) is 7.79. The van der Waals surface area contributed by atoms with Crippen LogP contribution in [0.4, 0.5) is 0 Å². The Labute approximate surface area is 102 Å². The van der Waals surface area contributed by atoms with Gasteiger partial charge < -0.3 is 8.85 Å². The van der Waals surface area contributed by atoms with Gasteiger partial charge in [-0.05, 0) is 32.2 Å². The van der Waals surface area contributed by atoms with Crippen molar-refractivity contribution in [1.82, 2.24) is 0 Å². The molecule has 3 heteroatoms. The van der Waals surface area contributed by atoms with E-state index in [4.69, 9.17) is 8.85 Å². The minimum atomic E-state index is -1.85.